The molecule has 2 aromatic carbocycles. The molecule has 0 unspecified atom stereocenters. The molecule has 5 rings (SSSR count). The average Bonchev–Trinajstić information content (AvgIpc) is 3.35. The van der Waals surface area contributed by atoms with Gasteiger partial charge in [-0.3, -0.25) is 14.4 Å². The van der Waals surface area contributed by atoms with Crippen LogP contribution in [0, 0.1) is 5.82 Å². The molecule has 2 amide bonds. The number of ketones is 1. The summed E-state index contributed by atoms with van der Waals surface area (Å²) in [6.07, 6.45) is 1.63. The maximum Gasteiger partial charge on any atom is 0.337 e. The number of carbonyl (C=O) groups is 4. The van der Waals surface area contributed by atoms with Gasteiger partial charge >= 0.3 is 5.97 Å². The number of ether oxygens (including phenoxy) is 2. The third-order valence-electron chi connectivity index (χ3n) is 6.32. The average molecular weight is 546 g/mol. The number of aromatic nitrogens is 3. The highest BCUT2D eigenvalue weighted by Crippen LogP contribution is 2.24. The van der Waals surface area contributed by atoms with Crippen molar-refractivity contribution in [1.82, 2.24) is 25.2 Å². The molecule has 40 heavy (non-hydrogen) atoms. The summed E-state index contributed by atoms with van der Waals surface area (Å²) < 4.78 is 25.5. The number of nitrogens with zero attached hydrogens (tertiary/aromatic N) is 3. The Labute approximate surface area is 227 Å². The molecule has 2 aromatic heterocycles. The van der Waals surface area contributed by atoms with Gasteiger partial charge in [-0.2, -0.15) is 5.10 Å². The molecule has 0 bridgehead atoms. The second-order valence-electron chi connectivity index (χ2n) is 9.08. The van der Waals surface area contributed by atoms with Crippen molar-refractivity contribution in [2.75, 3.05) is 20.3 Å². The van der Waals surface area contributed by atoms with Crippen LogP contribution in [0.5, 0.6) is 5.75 Å². The normalized spacial score (nSPS) is 12.4. The lowest BCUT2D eigenvalue weighted by atomic mass is 10.0. The van der Waals surface area contributed by atoms with Gasteiger partial charge in [-0.25, -0.2) is 18.7 Å². The van der Waals surface area contributed by atoms with Gasteiger partial charge in [0, 0.05) is 31.1 Å². The number of esters is 1. The molecule has 3 heterocycles. The van der Waals surface area contributed by atoms with Crippen molar-refractivity contribution in [2.24, 2.45) is 0 Å². The fraction of sp³-hybridized carbons (Fsp3) is 0.214. The van der Waals surface area contributed by atoms with Crippen LogP contribution in [0.4, 0.5) is 4.39 Å². The number of carbonyl (C=O) groups excluding carboxylic acids is 4. The van der Waals surface area contributed by atoms with Crippen LogP contribution in [0.1, 0.15) is 48.0 Å². The molecule has 0 atom stereocenters. The van der Waals surface area contributed by atoms with Gasteiger partial charge in [-0.15, -0.1) is 0 Å². The van der Waals surface area contributed by atoms with E-state index in [9.17, 15) is 23.6 Å². The molecule has 0 spiro atoms. The van der Waals surface area contributed by atoms with Crippen LogP contribution in [0.25, 0.3) is 5.65 Å². The zero-order chi connectivity index (χ0) is 28.2. The third-order valence-corrected chi connectivity index (χ3v) is 6.32. The first-order chi connectivity index (χ1) is 19.3. The molecule has 4 aromatic rings. The summed E-state index contributed by atoms with van der Waals surface area (Å²) in [5.41, 5.74) is 2.27. The van der Waals surface area contributed by atoms with Crippen molar-refractivity contribution < 1.29 is 33.0 Å². The fourth-order valence-electron chi connectivity index (χ4n) is 4.27. The zero-order valence-corrected chi connectivity index (χ0v) is 21.4. The van der Waals surface area contributed by atoms with Crippen LogP contribution in [0.2, 0.25) is 0 Å². The van der Waals surface area contributed by atoms with Crippen LogP contribution >= 0.6 is 0 Å². The quantitative estimate of drug-likeness (QED) is 0.321. The van der Waals surface area contributed by atoms with E-state index in [-0.39, 0.29) is 48.9 Å². The Morgan fingerprint density at radius 3 is 2.60 bits per heavy atom. The zero-order valence-electron chi connectivity index (χ0n) is 21.4. The Balaban J connectivity index is 1.27. The number of rotatable bonds is 8. The van der Waals surface area contributed by atoms with E-state index in [2.05, 4.69) is 25.5 Å². The van der Waals surface area contributed by atoms with Gasteiger partial charge in [0.25, 0.3) is 11.8 Å². The summed E-state index contributed by atoms with van der Waals surface area (Å²) >= 11 is 0. The lowest BCUT2D eigenvalue weighted by Crippen LogP contribution is -2.30. The number of methoxy groups -OCH3 is 1. The SMILES string of the molecule is COC(=O)c1ccc(CCNC(=O)c2cc(C(=O)NCc3ccc4c(c3)CC(=O)CO4)nc3c(F)cnn23)cc1. The van der Waals surface area contributed by atoms with Gasteiger partial charge in [0.15, 0.2) is 17.2 Å². The molecule has 12 heteroatoms. The summed E-state index contributed by atoms with van der Waals surface area (Å²) in [4.78, 5) is 53.3. The molecule has 11 nitrogen and oxygen atoms in total. The van der Waals surface area contributed by atoms with E-state index < -0.39 is 23.6 Å². The van der Waals surface area contributed by atoms with Crippen molar-refractivity contribution in [2.45, 2.75) is 19.4 Å². The Bertz CT molecular complexity index is 1630. The summed E-state index contributed by atoms with van der Waals surface area (Å²) in [5.74, 6) is -1.82. The number of nitrogens with one attached hydrogen (secondary N) is 2. The fourth-order valence-corrected chi connectivity index (χ4v) is 4.27. The summed E-state index contributed by atoms with van der Waals surface area (Å²) in [7, 11) is 1.30. The lowest BCUT2D eigenvalue weighted by Gasteiger charge is -2.17. The van der Waals surface area contributed by atoms with E-state index in [0.29, 0.717) is 17.7 Å². The lowest BCUT2D eigenvalue weighted by molar-refractivity contribution is -0.121. The van der Waals surface area contributed by atoms with Gasteiger partial charge in [0.1, 0.15) is 23.7 Å². The van der Waals surface area contributed by atoms with Crippen molar-refractivity contribution in [3.63, 3.8) is 0 Å². The van der Waals surface area contributed by atoms with Crippen molar-refractivity contribution in [3.05, 3.63) is 94.2 Å². The predicted octanol–water partition coefficient (Wildman–Crippen LogP) is 2.06. The van der Waals surface area contributed by atoms with Crippen LogP contribution in [-0.2, 0) is 28.9 Å². The summed E-state index contributed by atoms with van der Waals surface area (Å²) in [5, 5.41) is 9.34. The van der Waals surface area contributed by atoms with E-state index >= 15 is 0 Å². The second kappa shape index (κ2) is 11.3. The molecule has 0 saturated carbocycles. The topological polar surface area (TPSA) is 141 Å². The molecule has 204 valence electrons. The highest BCUT2D eigenvalue weighted by molar-refractivity contribution is 5.98. The van der Waals surface area contributed by atoms with E-state index in [1.165, 1.54) is 13.2 Å². The number of hydrogen-bond acceptors (Lipinski definition) is 8. The van der Waals surface area contributed by atoms with Crippen LogP contribution < -0.4 is 15.4 Å². The van der Waals surface area contributed by atoms with Gasteiger partial charge < -0.3 is 20.1 Å². The van der Waals surface area contributed by atoms with E-state index in [1.54, 1.807) is 42.5 Å². The Morgan fingerprint density at radius 1 is 1.05 bits per heavy atom. The Kier molecular flexibility index (Phi) is 7.49. The van der Waals surface area contributed by atoms with Crippen molar-refractivity contribution in [1.29, 1.82) is 0 Å². The summed E-state index contributed by atoms with van der Waals surface area (Å²) in [6, 6.07) is 13.3. The molecular weight excluding hydrogens is 521 g/mol. The van der Waals surface area contributed by atoms with E-state index in [1.807, 2.05) is 0 Å². The molecule has 2 N–H and O–H groups in total. The van der Waals surface area contributed by atoms with Crippen molar-refractivity contribution >= 4 is 29.2 Å². The highest BCUT2D eigenvalue weighted by Gasteiger charge is 2.21. The number of fused-ring (bicyclic) bond motifs is 2. The monoisotopic (exact) mass is 545 g/mol. The van der Waals surface area contributed by atoms with Gasteiger partial charge in [-0.1, -0.05) is 18.2 Å². The molecular formula is C28H24FN5O6. The second-order valence-corrected chi connectivity index (χ2v) is 9.08. The minimum atomic E-state index is -0.784. The number of hydrogen-bond donors (Lipinski definition) is 2. The molecule has 0 aliphatic carbocycles. The predicted molar refractivity (Wildman–Crippen MR) is 139 cm³/mol. The summed E-state index contributed by atoms with van der Waals surface area (Å²) in [6.45, 7) is 0.393. The number of halogens is 1. The molecule has 0 saturated heterocycles. The first-order valence-corrected chi connectivity index (χ1v) is 12.4. The standard InChI is InChI=1S/C28H24FN5O6/c1-39-28(38)18-5-2-16(3-6-18)8-9-30-27(37)23-12-22(33-25-21(29)14-32-34(23)25)26(36)31-13-17-4-7-24-19(10-17)11-20(35)15-40-24/h2-7,10,12,14H,8-9,11,13,15H2,1H3,(H,30,37)(H,31,36). The molecule has 1 aliphatic heterocycles. The minimum Gasteiger partial charge on any atom is -0.486 e. The maximum atomic E-state index is 14.4. The van der Waals surface area contributed by atoms with Gasteiger partial charge in [0.2, 0.25) is 0 Å². The van der Waals surface area contributed by atoms with Crippen LogP contribution in [-0.4, -0.2) is 58.4 Å². The Hall–Kier alpha value is -5.13. The third kappa shape index (κ3) is 5.65. The first-order valence-electron chi connectivity index (χ1n) is 12.4. The molecule has 0 fully saturated rings. The number of benzene rings is 2. The van der Waals surface area contributed by atoms with Gasteiger partial charge in [0.05, 0.1) is 18.9 Å². The van der Waals surface area contributed by atoms with E-state index in [0.717, 1.165) is 27.4 Å². The Morgan fingerprint density at radius 2 is 1.82 bits per heavy atom. The van der Waals surface area contributed by atoms with Gasteiger partial charge in [-0.05, 0) is 41.8 Å². The highest BCUT2D eigenvalue weighted by atomic mass is 19.1. The first kappa shape index (κ1) is 26.5. The number of amides is 2. The minimum absolute atomic E-state index is 0.0312. The number of Topliss-reactive ketones (excluding diaryl/α,β-unsaturated/α-hetero) is 1. The molecule has 0 radical (unpaired) electrons. The van der Waals surface area contributed by atoms with Crippen molar-refractivity contribution in [3.8, 4) is 5.75 Å². The van der Waals surface area contributed by atoms with E-state index in [4.69, 9.17) is 4.74 Å². The van der Waals surface area contributed by atoms with Crippen LogP contribution in [0.15, 0.2) is 54.7 Å². The smallest absolute Gasteiger partial charge is 0.337 e. The molecule has 1 aliphatic rings. The van der Waals surface area contributed by atoms with Crippen LogP contribution in [0.3, 0.4) is 0 Å². The maximum absolute atomic E-state index is 14.4. The largest absolute Gasteiger partial charge is 0.486 e.